The van der Waals surface area contributed by atoms with E-state index in [2.05, 4.69) is 40.5 Å². The summed E-state index contributed by atoms with van der Waals surface area (Å²) in [7, 11) is 1.99. The predicted octanol–water partition coefficient (Wildman–Crippen LogP) is 3.56. The highest BCUT2D eigenvalue weighted by Gasteiger charge is 2.29. The van der Waals surface area contributed by atoms with Crippen molar-refractivity contribution in [3.05, 3.63) is 78.1 Å². The quantitative estimate of drug-likeness (QED) is 0.724. The van der Waals surface area contributed by atoms with Crippen LogP contribution in [0.15, 0.2) is 72.1 Å². The van der Waals surface area contributed by atoms with E-state index in [1.807, 2.05) is 36.2 Å². The number of pyridine rings is 1. The zero-order valence-electron chi connectivity index (χ0n) is 12.2. The van der Waals surface area contributed by atoms with Gasteiger partial charge in [0, 0.05) is 30.6 Å². The Morgan fingerprint density at radius 3 is 2.55 bits per heavy atom. The third kappa shape index (κ3) is 2.09. The molecule has 3 aromatic rings. The number of benzene rings is 2. The summed E-state index contributed by atoms with van der Waals surface area (Å²) < 4.78 is 0. The third-order valence-corrected chi connectivity index (χ3v) is 3.92. The van der Waals surface area contributed by atoms with Crippen molar-refractivity contribution < 1.29 is 4.84 Å². The summed E-state index contributed by atoms with van der Waals surface area (Å²) in [6.45, 7) is 0. The van der Waals surface area contributed by atoms with Crippen LogP contribution in [-0.2, 0) is 4.84 Å². The minimum atomic E-state index is -0.201. The Morgan fingerprint density at radius 2 is 1.73 bits per heavy atom. The van der Waals surface area contributed by atoms with Gasteiger partial charge in [0.1, 0.15) is 0 Å². The first-order valence-electron chi connectivity index (χ1n) is 7.19. The molecular formula is C18H15N3O. The zero-order valence-corrected chi connectivity index (χ0v) is 12.2. The van der Waals surface area contributed by atoms with E-state index in [0.717, 1.165) is 17.0 Å². The molecule has 22 heavy (non-hydrogen) atoms. The first-order chi connectivity index (χ1) is 10.8. The van der Waals surface area contributed by atoms with Crippen molar-refractivity contribution in [3.63, 3.8) is 0 Å². The smallest absolute Gasteiger partial charge is 0.227 e. The van der Waals surface area contributed by atoms with Crippen LogP contribution >= 0.6 is 0 Å². The highest BCUT2D eigenvalue weighted by Crippen LogP contribution is 2.30. The maximum absolute atomic E-state index is 5.66. The van der Waals surface area contributed by atoms with Crippen molar-refractivity contribution in [2.45, 2.75) is 6.23 Å². The summed E-state index contributed by atoms with van der Waals surface area (Å²) >= 11 is 0. The SMILES string of the molecule is CN1C(c2ccncc2)=NOC1c1ccc2ccccc2c1. The molecule has 0 saturated heterocycles. The molecule has 0 aliphatic carbocycles. The summed E-state index contributed by atoms with van der Waals surface area (Å²) in [6.07, 6.45) is 3.32. The Kier molecular flexibility index (Phi) is 3.00. The molecule has 2 aromatic carbocycles. The normalized spacial score (nSPS) is 17.4. The topological polar surface area (TPSA) is 37.7 Å². The van der Waals surface area contributed by atoms with Gasteiger partial charge >= 0.3 is 0 Å². The van der Waals surface area contributed by atoms with Gasteiger partial charge in [-0.15, -0.1) is 0 Å². The highest BCUT2D eigenvalue weighted by molar-refractivity contribution is 5.99. The van der Waals surface area contributed by atoms with Crippen molar-refractivity contribution in [3.8, 4) is 0 Å². The van der Waals surface area contributed by atoms with Crippen LogP contribution in [0.3, 0.4) is 0 Å². The molecular weight excluding hydrogens is 274 g/mol. The third-order valence-electron chi connectivity index (χ3n) is 3.92. The average molecular weight is 289 g/mol. The molecule has 1 aromatic heterocycles. The van der Waals surface area contributed by atoms with Crippen LogP contribution in [0.2, 0.25) is 0 Å². The Balaban J connectivity index is 1.66. The summed E-state index contributed by atoms with van der Waals surface area (Å²) in [6, 6.07) is 18.5. The van der Waals surface area contributed by atoms with Gasteiger partial charge in [0.05, 0.1) is 0 Å². The largest absolute Gasteiger partial charge is 0.363 e. The lowest BCUT2D eigenvalue weighted by Gasteiger charge is -2.21. The molecule has 0 spiro atoms. The molecule has 4 nitrogen and oxygen atoms in total. The fourth-order valence-corrected chi connectivity index (χ4v) is 2.75. The molecule has 0 saturated carbocycles. The van der Waals surface area contributed by atoms with E-state index >= 15 is 0 Å². The lowest BCUT2D eigenvalue weighted by atomic mass is 10.1. The molecule has 4 rings (SSSR count). The van der Waals surface area contributed by atoms with Gasteiger partial charge in [-0.2, -0.15) is 0 Å². The Hall–Kier alpha value is -2.88. The van der Waals surface area contributed by atoms with E-state index in [9.17, 15) is 0 Å². The van der Waals surface area contributed by atoms with E-state index in [1.165, 1.54) is 10.8 Å². The fraction of sp³-hybridized carbons (Fsp3) is 0.111. The maximum atomic E-state index is 5.66. The second-order valence-corrected chi connectivity index (χ2v) is 5.33. The molecule has 108 valence electrons. The molecule has 4 heteroatoms. The van der Waals surface area contributed by atoms with E-state index in [-0.39, 0.29) is 6.23 Å². The predicted molar refractivity (Wildman–Crippen MR) is 86.3 cm³/mol. The molecule has 0 radical (unpaired) electrons. The van der Waals surface area contributed by atoms with Gasteiger partial charge in [0.15, 0.2) is 5.84 Å². The number of aromatic nitrogens is 1. The van der Waals surface area contributed by atoms with Gasteiger partial charge in [-0.1, -0.05) is 41.6 Å². The van der Waals surface area contributed by atoms with Crippen molar-refractivity contribution in [2.24, 2.45) is 5.16 Å². The van der Waals surface area contributed by atoms with E-state index in [4.69, 9.17) is 4.84 Å². The number of fused-ring (bicyclic) bond motifs is 1. The zero-order chi connectivity index (χ0) is 14.9. The van der Waals surface area contributed by atoms with Crippen molar-refractivity contribution in [1.29, 1.82) is 0 Å². The average Bonchev–Trinajstić information content (AvgIpc) is 2.97. The van der Waals surface area contributed by atoms with E-state index in [0.29, 0.717) is 0 Å². The summed E-state index contributed by atoms with van der Waals surface area (Å²) in [5.74, 6) is 0.820. The first kappa shape index (κ1) is 12.8. The molecule has 1 atom stereocenters. The van der Waals surface area contributed by atoms with Crippen LogP contribution in [0.5, 0.6) is 0 Å². The summed E-state index contributed by atoms with van der Waals surface area (Å²) in [5.41, 5.74) is 2.09. The van der Waals surface area contributed by atoms with Crippen LogP contribution < -0.4 is 0 Å². The van der Waals surface area contributed by atoms with Gasteiger partial charge < -0.3 is 9.74 Å². The van der Waals surface area contributed by atoms with Crippen LogP contribution in [0.1, 0.15) is 17.4 Å². The molecule has 1 unspecified atom stereocenters. The molecule has 0 N–H and O–H groups in total. The maximum Gasteiger partial charge on any atom is 0.227 e. The standard InChI is InChI=1S/C18H15N3O/c1-21-17(14-8-10-19-11-9-14)20-22-18(21)16-7-6-13-4-2-3-5-15(13)12-16/h2-12,18H,1H3. The summed E-state index contributed by atoms with van der Waals surface area (Å²) in [4.78, 5) is 11.7. The second kappa shape index (κ2) is 5.15. The number of nitrogens with zero attached hydrogens (tertiary/aromatic N) is 3. The monoisotopic (exact) mass is 289 g/mol. The van der Waals surface area contributed by atoms with Gasteiger partial charge in [0.25, 0.3) is 0 Å². The first-order valence-corrected chi connectivity index (χ1v) is 7.19. The minimum Gasteiger partial charge on any atom is -0.363 e. The number of hydrogen-bond donors (Lipinski definition) is 0. The molecule has 0 fully saturated rings. The Bertz CT molecular complexity index is 845. The van der Waals surface area contributed by atoms with E-state index < -0.39 is 0 Å². The van der Waals surface area contributed by atoms with Crippen LogP contribution in [0.4, 0.5) is 0 Å². The van der Waals surface area contributed by atoms with Crippen LogP contribution in [-0.4, -0.2) is 22.8 Å². The van der Waals surface area contributed by atoms with Gasteiger partial charge in [-0.05, 0) is 29.0 Å². The lowest BCUT2D eigenvalue weighted by Crippen LogP contribution is -2.26. The van der Waals surface area contributed by atoms with Crippen molar-refractivity contribution >= 4 is 16.6 Å². The Labute approximate surface area is 128 Å². The molecule has 2 heterocycles. The minimum absolute atomic E-state index is 0.201. The second-order valence-electron chi connectivity index (χ2n) is 5.33. The number of amidine groups is 1. The van der Waals surface area contributed by atoms with Crippen molar-refractivity contribution in [2.75, 3.05) is 7.05 Å². The van der Waals surface area contributed by atoms with Crippen LogP contribution in [0, 0.1) is 0 Å². The van der Waals surface area contributed by atoms with Gasteiger partial charge in [-0.25, -0.2) is 0 Å². The van der Waals surface area contributed by atoms with Crippen LogP contribution in [0.25, 0.3) is 10.8 Å². The Morgan fingerprint density at radius 1 is 0.955 bits per heavy atom. The molecule has 0 amide bonds. The summed E-state index contributed by atoms with van der Waals surface area (Å²) in [5, 5.41) is 6.67. The molecule has 1 aliphatic rings. The van der Waals surface area contributed by atoms with Gasteiger partial charge in [0.2, 0.25) is 6.23 Å². The lowest BCUT2D eigenvalue weighted by molar-refractivity contribution is 0.0191. The number of oxime groups is 1. The number of rotatable bonds is 2. The highest BCUT2D eigenvalue weighted by atomic mass is 16.7. The van der Waals surface area contributed by atoms with Crippen molar-refractivity contribution in [1.82, 2.24) is 9.88 Å². The number of hydrogen-bond acceptors (Lipinski definition) is 4. The fourth-order valence-electron chi connectivity index (χ4n) is 2.75. The van der Waals surface area contributed by atoms with E-state index in [1.54, 1.807) is 12.4 Å². The molecule has 1 aliphatic heterocycles. The molecule has 0 bridgehead atoms. The van der Waals surface area contributed by atoms with Gasteiger partial charge in [-0.3, -0.25) is 4.98 Å².